The van der Waals surface area contributed by atoms with Gasteiger partial charge >= 0.3 is 6.03 Å². The Morgan fingerprint density at radius 1 is 1.45 bits per heavy atom. The van der Waals surface area contributed by atoms with Gasteiger partial charge in [0.2, 0.25) is 0 Å². The lowest BCUT2D eigenvalue weighted by Crippen LogP contribution is -2.49. The molecule has 122 valence electrons. The van der Waals surface area contributed by atoms with Crippen LogP contribution < -0.4 is 5.32 Å². The number of amides is 2. The van der Waals surface area contributed by atoms with Crippen LogP contribution in [0.5, 0.6) is 0 Å². The van der Waals surface area contributed by atoms with Crippen LogP contribution in [0.1, 0.15) is 12.8 Å². The summed E-state index contributed by atoms with van der Waals surface area (Å²) in [6.07, 6.45) is 4.22. The highest BCUT2D eigenvalue weighted by Gasteiger charge is 2.30. The van der Waals surface area contributed by atoms with Gasteiger partial charge in [-0.25, -0.2) is 4.79 Å². The van der Waals surface area contributed by atoms with E-state index in [1.54, 1.807) is 16.9 Å². The van der Waals surface area contributed by atoms with Crippen molar-refractivity contribution in [3.63, 3.8) is 0 Å². The smallest absolute Gasteiger partial charge is 0.323 e. The maximum absolute atomic E-state index is 12.6. The van der Waals surface area contributed by atoms with Crippen molar-refractivity contribution in [3.05, 3.63) is 12.3 Å². The van der Waals surface area contributed by atoms with Gasteiger partial charge < -0.3 is 14.5 Å². The van der Waals surface area contributed by atoms with Crippen molar-refractivity contribution in [2.24, 2.45) is 13.0 Å². The highest BCUT2D eigenvalue weighted by Crippen LogP contribution is 2.30. The van der Waals surface area contributed by atoms with Crippen LogP contribution in [0.25, 0.3) is 0 Å². The van der Waals surface area contributed by atoms with Crippen LogP contribution in [-0.4, -0.2) is 71.5 Å². The van der Waals surface area contributed by atoms with Crippen molar-refractivity contribution >= 4 is 11.8 Å². The summed E-state index contributed by atoms with van der Waals surface area (Å²) >= 11 is 0. The van der Waals surface area contributed by atoms with Crippen LogP contribution in [0.4, 0.5) is 10.6 Å². The molecule has 0 spiro atoms. The molecule has 1 atom stereocenters. The fourth-order valence-electron chi connectivity index (χ4n) is 2.76. The molecule has 1 saturated heterocycles. The normalized spacial score (nSPS) is 22.5. The molecule has 1 aromatic rings. The molecule has 1 saturated carbocycles. The maximum atomic E-state index is 12.6. The lowest BCUT2D eigenvalue weighted by molar-refractivity contribution is -0.0302. The summed E-state index contributed by atoms with van der Waals surface area (Å²) in [6, 6.07) is 1.74. The number of ether oxygens (including phenoxy) is 1. The van der Waals surface area contributed by atoms with Crippen molar-refractivity contribution in [2.75, 3.05) is 45.2 Å². The van der Waals surface area contributed by atoms with Crippen LogP contribution in [-0.2, 0) is 11.8 Å². The predicted octanol–water partition coefficient (Wildman–Crippen LogP) is 0.995. The summed E-state index contributed by atoms with van der Waals surface area (Å²) in [5.74, 6) is 1.37. The van der Waals surface area contributed by atoms with Gasteiger partial charge in [-0.05, 0) is 25.8 Å². The van der Waals surface area contributed by atoms with Gasteiger partial charge in [0.05, 0.1) is 18.9 Å². The van der Waals surface area contributed by atoms with Crippen LogP contribution in [0.3, 0.4) is 0 Å². The fraction of sp³-hybridized carbons (Fsp3) is 0.733. The van der Waals surface area contributed by atoms with Crippen molar-refractivity contribution < 1.29 is 9.53 Å². The first-order valence-corrected chi connectivity index (χ1v) is 7.96. The lowest BCUT2D eigenvalue weighted by atomic mass is 10.2. The zero-order chi connectivity index (χ0) is 15.5. The van der Waals surface area contributed by atoms with Gasteiger partial charge in [0.1, 0.15) is 5.82 Å². The van der Waals surface area contributed by atoms with E-state index in [-0.39, 0.29) is 12.1 Å². The Labute approximate surface area is 131 Å². The van der Waals surface area contributed by atoms with E-state index in [0.717, 1.165) is 26.2 Å². The molecule has 7 heteroatoms. The molecule has 1 N–H and O–H groups in total. The molecular formula is C15H25N5O2. The minimum atomic E-state index is -0.0627. The first kappa shape index (κ1) is 15.3. The predicted molar refractivity (Wildman–Crippen MR) is 83.8 cm³/mol. The summed E-state index contributed by atoms with van der Waals surface area (Å²) in [5.41, 5.74) is 0. The van der Waals surface area contributed by atoms with E-state index < -0.39 is 0 Å². The molecule has 3 rings (SSSR count). The average Bonchev–Trinajstić information content (AvgIpc) is 3.21. The fourth-order valence-corrected chi connectivity index (χ4v) is 2.76. The monoisotopic (exact) mass is 307 g/mol. The number of rotatable bonds is 5. The number of anilines is 1. The second-order valence-corrected chi connectivity index (χ2v) is 6.37. The molecule has 7 nitrogen and oxygen atoms in total. The number of urea groups is 1. The Morgan fingerprint density at radius 2 is 2.27 bits per heavy atom. The molecule has 2 fully saturated rings. The van der Waals surface area contributed by atoms with E-state index in [2.05, 4.69) is 22.4 Å². The summed E-state index contributed by atoms with van der Waals surface area (Å²) in [4.78, 5) is 16.7. The number of carbonyl (C=O) groups excluding carboxylic acids is 1. The quantitative estimate of drug-likeness (QED) is 0.881. The first-order valence-electron chi connectivity index (χ1n) is 7.96. The number of aryl methyl sites for hydroxylation is 1. The number of aromatic nitrogens is 2. The molecular weight excluding hydrogens is 282 g/mol. The van der Waals surface area contributed by atoms with Gasteiger partial charge in [0.15, 0.2) is 0 Å². The summed E-state index contributed by atoms with van der Waals surface area (Å²) in [5, 5.41) is 7.02. The lowest BCUT2D eigenvalue weighted by Gasteiger charge is -2.34. The molecule has 1 aromatic heterocycles. The molecule has 2 heterocycles. The SMILES string of the molecule is CN1CCO[C@@H](CN(CC2CC2)C(=O)Nc2ccnn2C)C1. The van der Waals surface area contributed by atoms with Gasteiger partial charge in [-0.2, -0.15) is 5.10 Å². The number of nitrogens with zero attached hydrogens (tertiary/aromatic N) is 4. The number of carbonyl (C=O) groups is 1. The number of nitrogens with one attached hydrogen (secondary N) is 1. The Morgan fingerprint density at radius 3 is 2.91 bits per heavy atom. The van der Waals surface area contributed by atoms with E-state index in [0.29, 0.717) is 18.3 Å². The third kappa shape index (κ3) is 3.98. The van der Waals surface area contributed by atoms with Crippen molar-refractivity contribution in [1.82, 2.24) is 19.6 Å². The third-order valence-electron chi connectivity index (χ3n) is 4.28. The van der Waals surface area contributed by atoms with E-state index in [9.17, 15) is 4.79 Å². The van der Waals surface area contributed by atoms with Gasteiger partial charge in [-0.1, -0.05) is 0 Å². The van der Waals surface area contributed by atoms with E-state index in [1.807, 2.05) is 11.9 Å². The van der Waals surface area contributed by atoms with Crippen molar-refractivity contribution in [2.45, 2.75) is 18.9 Å². The second-order valence-electron chi connectivity index (χ2n) is 6.37. The summed E-state index contributed by atoms with van der Waals surface area (Å²) < 4.78 is 7.47. The summed E-state index contributed by atoms with van der Waals surface area (Å²) in [6.45, 7) is 4.03. The van der Waals surface area contributed by atoms with Crippen LogP contribution in [0.2, 0.25) is 0 Å². The first-order chi connectivity index (χ1) is 10.6. The van der Waals surface area contributed by atoms with Crippen molar-refractivity contribution in [1.29, 1.82) is 0 Å². The molecule has 1 aliphatic carbocycles. The van der Waals surface area contributed by atoms with E-state index in [1.165, 1.54) is 12.8 Å². The van der Waals surface area contributed by atoms with Crippen molar-refractivity contribution in [3.8, 4) is 0 Å². The minimum absolute atomic E-state index is 0.0627. The minimum Gasteiger partial charge on any atom is -0.374 e. The second kappa shape index (κ2) is 6.66. The van der Waals surface area contributed by atoms with E-state index >= 15 is 0 Å². The molecule has 0 unspecified atom stereocenters. The summed E-state index contributed by atoms with van der Waals surface area (Å²) in [7, 11) is 3.91. The Hall–Kier alpha value is -1.60. The third-order valence-corrected chi connectivity index (χ3v) is 4.28. The largest absolute Gasteiger partial charge is 0.374 e. The van der Waals surface area contributed by atoms with E-state index in [4.69, 9.17) is 4.74 Å². The van der Waals surface area contributed by atoms with Crippen LogP contribution in [0.15, 0.2) is 12.3 Å². The molecule has 1 aliphatic heterocycles. The van der Waals surface area contributed by atoms with Gasteiger partial charge in [-0.15, -0.1) is 0 Å². The van der Waals surface area contributed by atoms with Gasteiger partial charge in [-0.3, -0.25) is 10.00 Å². The number of morpholine rings is 1. The molecule has 0 aromatic carbocycles. The Balaban J connectivity index is 1.60. The number of likely N-dealkylation sites (N-methyl/N-ethyl adjacent to an activating group) is 1. The zero-order valence-corrected chi connectivity index (χ0v) is 13.4. The van der Waals surface area contributed by atoms with Crippen LogP contribution in [0, 0.1) is 5.92 Å². The molecule has 2 aliphatic rings. The maximum Gasteiger partial charge on any atom is 0.323 e. The average molecular weight is 307 g/mol. The standard InChI is InChI=1S/C15H25N5O2/c1-18-7-8-22-13(10-18)11-20(9-12-3-4-12)15(21)17-14-5-6-16-19(14)2/h5-6,12-13H,3-4,7-11H2,1-2H3,(H,17,21)/t13-/m1/s1. The zero-order valence-electron chi connectivity index (χ0n) is 13.4. The molecule has 22 heavy (non-hydrogen) atoms. The molecule has 2 amide bonds. The highest BCUT2D eigenvalue weighted by atomic mass is 16.5. The number of hydrogen-bond acceptors (Lipinski definition) is 4. The topological polar surface area (TPSA) is 62.6 Å². The molecule has 0 bridgehead atoms. The Bertz CT molecular complexity index is 514. The van der Waals surface area contributed by atoms with Gasteiger partial charge in [0, 0.05) is 39.3 Å². The molecule has 0 radical (unpaired) electrons. The highest BCUT2D eigenvalue weighted by molar-refractivity contribution is 5.88. The number of hydrogen-bond donors (Lipinski definition) is 1. The van der Waals surface area contributed by atoms with Gasteiger partial charge in [0.25, 0.3) is 0 Å². The van der Waals surface area contributed by atoms with Crippen LogP contribution >= 0.6 is 0 Å². The Kier molecular flexibility index (Phi) is 4.63.